The Balaban J connectivity index is 1.36. The molecule has 0 aromatic heterocycles. The van der Waals surface area contributed by atoms with Crippen molar-refractivity contribution >= 4 is 52.9 Å². The molecule has 12 nitrogen and oxygen atoms in total. The number of rotatable bonds is 7. The number of carboxylic acid groups (broad SMARTS) is 1. The van der Waals surface area contributed by atoms with E-state index in [1.165, 1.54) is 29.2 Å². The molecule has 1 saturated carbocycles. The van der Waals surface area contributed by atoms with E-state index >= 15 is 0 Å². The molecule has 1 spiro atoms. The number of halogens is 1. The van der Waals surface area contributed by atoms with Gasteiger partial charge in [-0.2, -0.15) is 0 Å². The third-order valence-corrected chi connectivity index (χ3v) is 7.86. The maximum absolute atomic E-state index is 13.9. The summed E-state index contributed by atoms with van der Waals surface area (Å²) in [5.41, 5.74) is 0.527. The molecule has 5 rings (SSSR count). The minimum atomic E-state index is -1.24. The molecule has 5 amide bonds. The van der Waals surface area contributed by atoms with E-state index in [-0.39, 0.29) is 36.2 Å². The number of amides is 5. The number of carbonyl (C=O) groups is 5. The summed E-state index contributed by atoms with van der Waals surface area (Å²) in [6, 6.07) is 9.59. The Labute approximate surface area is 240 Å². The standard InChI is InChI=1S/C28H30ClN5O7/c29-17-7-10-21-20(13-17)28(41-27(40)33-21)11-2-12-34(15-28)25(37)22(14-23(35)30-18-3-1-4-18)32-24(36)16-5-8-19(9-6-16)31-26(38)39/h5-10,13,18,22,31H,1-4,11-12,14-15H2,(H,30,35)(H,32,36)(H,33,40)(H,38,39)/t22?,28-/m0/s1. The fourth-order valence-corrected chi connectivity index (χ4v) is 5.57. The Hall–Kier alpha value is -4.32. The fraction of sp³-hybridized carbons (Fsp3) is 0.393. The Morgan fingerprint density at radius 1 is 1.12 bits per heavy atom. The molecule has 2 heterocycles. The second kappa shape index (κ2) is 11.7. The van der Waals surface area contributed by atoms with E-state index in [2.05, 4.69) is 21.3 Å². The van der Waals surface area contributed by atoms with Gasteiger partial charge in [-0.25, -0.2) is 9.59 Å². The average molecular weight is 584 g/mol. The van der Waals surface area contributed by atoms with Crippen LogP contribution in [0, 0.1) is 0 Å². The first kappa shape index (κ1) is 28.2. The molecule has 1 unspecified atom stereocenters. The number of likely N-dealkylation sites (tertiary alicyclic amines) is 1. The van der Waals surface area contributed by atoms with Gasteiger partial charge in [0, 0.05) is 34.4 Å². The number of anilines is 2. The van der Waals surface area contributed by atoms with Gasteiger partial charge in [-0.15, -0.1) is 0 Å². The number of ether oxygens (including phenoxy) is 1. The van der Waals surface area contributed by atoms with Crippen LogP contribution in [-0.4, -0.2) is 65.1 Å². The molecule has 5 N–H and O–H groups in total. The van der Waals surface area contributed by atoms with Gasteiger partial charge < -0.3 is 25.4 Å². The molecule has 41 heavy (non-hydrogen) atoms. The molecule has 2 atom stereocenters. The second-order valence-electron chi connectivity index (χ2n) is 10.5. The number of hydrogen-bond acceptors (Lipinski definition) is 6. The highest BCUT2D eigenvalue weighted by Crippen LogP contribution is 2.43. The maximum atomic E-state index is 13.9. The van der Waals surface area contributed by atoms with Crippen LogP contribution in [0.15, 0.2) is 42.5 Å². The highest BCUT2D eigenvalue weighted by atomic mass is 35.5. The third-order valence-electron chi connectivity index (χ3n) is 7.63. The van der Waals surface area contributed by atoms with E-state index < -0.39 is 35.6 Å². The van der Waals surface area contributed by atoms with Gasteiger partial charge >= 0.3 is 12.2 Å². The summed E-state index contributed by atoms with van der Waals surface area (Å²) in [6.07, 6.45) is 1.57. The van der Waals surface area contributed by atoms with Crippen molar-refractivity contribution in [3.8, 4) is 0 Å². The molecular weight excluding hydrogens is 554 g/mol. The maximum Gasteiger partial charge on any atom is 0.412 e. The zero-order valence-electron chi connectivity index (χ0n) is 22.1. The van der Waals surface area contributed by atoms with Crippen molar-refractivity contribution in [1.82, 2.24) is 15.5 Å². The van der Waals surface area contributed by atoms with Gasteiger partial charge in [0.25, 0.3) is 5.91 Å². The molecule has 3 aliphatic rings. The van der Waals surface area contributed by atoms with Crippen molar-refractivity contribution in [2.75, 3.05) is 23.7 Å². The van der Waals surface area contributed by atoms with Crippen molar-refractivity contribution in [2.24, 2.45) is 0 Å². The first-order chi connectivity index (χ1) is 19.6. The van der Waals surface area contributed by atoms with Crippen LogP contribution >= 0.6 is 11.6 Å². The van der Waals surface area contributed by atoms with E-state index in [0.717, 1.165) is 19.3 Å². The first-order valence-electron chi connectivity index (χ1n) is 13.4. The topological polar surface area (TPSA) is 166 Å². The van der Waals surface area contributed by atoms with Gasteiger partial charge in [-0.1, -0.05) is 11.6 Å². The van der Waals surface area contributed by atoms with Gasteiger partial charge in [0.05, 0.1) is 18.7 Å². The highest BCUT2D eigenvalue weighted by molar-refractivity contribution is 6.30. The molecule has 0 radical (unpaired) electrons. The largest absolute Gasteiger partial charge is 0.465 e. The monoisotopic (exact) mass is 583 g/mol. The first-order valence-corrected chi connectivity index (χ1v) is 13.8. The van der Waals surface area contributed by atoms with Crippen molar-refractivity contribution in [1.29, 1.82) is 0 Å². The van der Waals surface area contributed by atoms with Crippen LogP contribution in [0.25, 0.3) is 0 Å². The Kier molecular flexibility index (Phi) is 8.02. The SMILES string of the molecule is O=C(O)Nc1ccc(C(=O)NC(CC(=O)NC2CCC2)C(=O)N2CCC[C@@]3(C2)OC(=O)Nc2ccc(Cl)cc23)cc1. The summed E-state index contributed by atoms with van der Waals surface area (Å²) < 4.78 is 5.78. The molecular formula is C28H30ClN5O7. The number of nitrogens with one attached hydrogen (secondary N) is 4. The fourth-order valence-electron chi connectivity index (χ4n) is 5.40. The van der Waals surface area contributed by atoms with E-state index in [1.807, 2.05) is 0 Å². The Morgan fingerprint density at radius 2 is 1.88 bits per heavy atom. The quantitative estimate of drug-likeness (QED) is 0.331. The van der Waals surface area contributed by atoms with E-state index in [0.29, 0.717) is 35.7 Å². The average Bonchev–Trinajstić information content (AvgIpc) is 2.90. The lowest BCUT2D eigenvalue weighted by atomic mass is 9.83. The zero-order valence-corrected chi connectivity index (χ0v) is 22.8. The van der Waals surface area contributed by atoms with Crippen LogP contribution in [0.2, 0.25) is 5.02 Å². The Bertz CT molecular complexity index is 1380. The number of benzene rings is 2. The molecule has 2 aromatic rings. The lowest BCUT2D eigenvalue weighted by Gasteiger charge is -2.45. The third kappa shape index (κ3) is 6.37. The van der Waals surface area contributed by atoms with Crippen LogP contribution in [0.5, 0.6) is 0 Å². The minimum Gasteiger partial charge on any atom is -0.465 e. The van der Waals surface area contributed by atoms with Crippen LogP contribution < -0.4 is 21.3 Å². The molecule has 1 aliphatic carbocycles. The summed E-state index contributed by atoms with van der Waals surface area (Å²) in [7, 11) is 0. The number of hydrogen-bond donors (Lipinski definition) is 5. The normalized spacial score (nSPS) is 20.5. The van der Waals surface area contributed by atoms with Crippen LogP contribution in [-0.2, 0) is 19.9 Å². The lowest BCUT2D eigenvalue weighted by molar-refractivity contribution is -0.142. The molecule has 2 aliphatic heterocycles. The van der Waals surface area contributed by atoms with Gasteiger partial charge in [0.1, 0.15) is 6.04 Å². The number of piperidine rings is 1. The summed E-state index contributed by atoms with van der Waals surface area (Å²) in [4.78, 5) is 64.7. The summed E-state index contributed by atoms with van der Waals surface area (Å²) in [5, 5.41) is 19.8. The zero-order chi connectivity index (χ0) is 29.1. The summed E-state index contributed by atoms with van der Waals surface area (Å²) >= 11 is 6.26. The number of carbonyl (C=O) groups excluding carboxylic acids is 4. The minimum absolute atomic E-state index is 0.0266. The van der Waals surface area contributed by atoms with Crippen molar-refractivity contribution in [3.63, 3.8) is 0 Å². The molecule has 13 heteroatoms. The molecule has 216 valence electrons. The van der Waals surface area contributed by atoms with Gasteiger partial charge in [0.2, 0.25) is 11.8 Å². The summed E-state index contributed by atoms with van der Waals surface area (Å²) in [5.74, 6) is -1.44. The number of nitrogens with zero attached hydrogens (tertiary/aromatic N) is 1. The van der Waals surface area contributed by atoms with Gasteiger partial charge in [0.15, 0.2) is 5.60 Å². The van der Waals surface area contributed by atoms with Crippen LogP contribution in [0.3, 0.4) is 0 Å². The van der Waals surface area contributed by atoms with Crippen molar-refractivity contribution in [3.05, 3.63) is 58.6 Å². The van der Waals surface area contributed by atoms with Crippen LogP contribution in [0.1, 0.15) is 54.4 Å². The van der Waals surface area contributed by atoms with E-state index in [9.17, 15) is 24.0 Å². The van der Waals surface area contributed by atoms with Crippen molar-refractivity contribution in [2.45, 2.75) is 56.2 Å². The molecule has 2 aromatic carbocycles. The molecule has 0 bridgehead atoms. The predicted molar refractivity (Wildman–Crippen MR) is 149 cm³/mol. The van der Waals surface area contributed by atoms with Gasteiger partial charge in [-0.05, 0) is 74.6 Å². The van der Waals surface area contributed by atoms with Crippen LogP contribution in [0.4, 0.5) is 21.0 Å². The van der Waals surface area contributed by atoms with E-state index in [4.69, 9.17) is 21.4 Å². The smallest absolute Gasteiger partial charge is 0.412 e. The molecule has 1 saturated heterocycles. The van der Waals surface area contributed by atoms with Crippen molar-refractivity contribution < 1.29 is 33.8 Å². The summed E-state index contributed by atoms with van der Waals surface area (Å²) in [6.45, 7) is 0.367. The second-order valence-corrected chi connectivity index (χ2v) is 10.9. The predicted octanol–water partition coefficient (Wildman–Crippen LogP) is 3.67. The lowest BCUT2D eigenvalue weighted by Crippen LogP contribution is -2.58. The van der Waals surface area contributed by atoms with E-state index in [1.54, 1.807) is 18.2 Å². The molecule has 2 fully saturated rings. The van der Waals surface area contributed by atoms with Gasteiger partial charge in [-0.3, -0.25) is 25.0 Å². The number of fused-ring (bicyclic) bond motifs is 2. The highest BCUT2D eigenvalue weighted by Gasteiger charge is 2.47. The Morgan fingerprint density at radius 3 is 2.56 bits per heavy atom.